The molecule has 0 aliphatic rings. The van der Waals surface area contributed by atoms with Crippen molar-refractivity contribution in [1.29, 1.82) is 0 Å². The van der Waals surface area contributed by atoms with E-state index in [2.05, 4.69) is 63.6 Å². The molecule has 0 bridgehead atoms. The SMILES string of the molecule is Cc1nn(C(C)C)c(C)c1C(C)NC(C)C. The first kappa shape index (κ1) is 13.2. The van der Waals surface area contributed by atoms with Crippen molar-refractivity contribution in [3.8, 4) is 0 Å². The van der Waals surface area contributed by atoms with E-state index in [0.29, 0.717) is 18.1 Å². The molecule has 16 heavy (non-hydrogen) atoms. The molecule has 0 aliphatic heterocycles. The predicted molar refractivity (Wildman–Crippen MR) is 68.8 cm³/mol. The zero-order valence-corrected chi connectivity index (χ0v) is 11.6. The number of rotatable bonds is 4. The summed E-state index contributed by atoms with van der Waals surface area (Å²) in [5.74, 6) is 0. The third-order valence-electron chi connectivity index (χ3n) is 2.89. The summed E-state index contributed by atoms with van der Waals surface area (Å²) in [5, 5.41) is 8.15. The van der Waals surface area contributed by atoms with Gasteiger partial charge in [0.15, 0.2) is 0 Å². The standard InChI is InChI=1S/C13H25N3/c1-8(2)14-10(5)13-11(6)15-16(9(3)4)12(13)7/h8-10,14H,1-7H3. The Kier molecular flexibility index (Phi) is 4.14. The summed E-state index contributed by atoms with van der Waals surface area (Å²) >= 11 is 0. The number of nitrogens with one attached hydrogen (secondary N) is 1. The zero-order chi connectivity index (χ0) is 12.5. The summed E-state index contributed by atoms with van der Waals surface area (Å²) in [4.78, 5) is 0. The molecule has 0 amide bonds. The van der Waals surface area contributed by atoms with Crippen molar-refractivity contribution in [2.45, 2.75) is 66.6 Å². The largest absolute Gasteiger partial charge is 0.308 e. The molecule has 3 nitrogen and oxygen atoms in total. The third kappa shape index (κ3) is 2.64. The molecule has 0 radical (unpaired) electrons. The topological polar surface area (TPSA) is 29.9 Å². The van der Waals surface area contributed by atoms with Gasteiger partial charge >= 0.3 is 0 Å². The van der Waals surface area contributed by atoms with Gasteiger partial charge in [0.05, 0.1) is 5.69 Å². The van der Waals surface area contributed by atoms with Gasteiger partial charge in [-0.05, 0) is 34.6 Å². The Labute approximate surface area is 99.2 Å². The number of nitrogens with zero attached hydrogens (tertiary/aromatic N) is 2. The summed E-state index contributed by atoms with van der Waals surface area (Å²) in [5.41, 5.74) is 3.78. The van der Waals surface area contributed by atoms with E-state index in [1.54, 1.807) is 0 Å². The van der Waals surface area contributed by atoms with Gasteiger partial charge in [-0.3, -0.25) is 4.68 Å². The van der Waals surface area contributed by atoms with Crippen LogP contribution >= 0.6 is 0 Å². The fraction of sp³-hybridized carbons (Fsp3) is 0.769. The fourth-order valence-corrected chi connectivity index (χ4v) is 2.39. The average Bonchev–Trinajstić information content (AvgIpc) is 2.40. The van der Waals surface area contributed by atoms with Crippen LogP contribution in [0.2, 0.25) is 0 Å². The molecule has 1 unspecified atom stereocenters. The number of aryl methyl sites for hydroxylation is 1. The monoisotopic (exact) mass is 223 g/mol. The van der Waals surface area contributed by atoms with Gasteiger partial charge in [-0.1, -0.05) is 13.8 Å². The summed E-state index contributed by atoms with van der Waals surface area (Å²) < 4.78 is 2.11. The van der Waals surface area contributed by atoms with Crippen LogP contribution in [0.4, 0.5) is 0 Å². The van der Waals surface area contributed by atoms with Crippen LogP contribution in [-0.2, 0) is 0 Å². The lowest BCUT2D eigenvalue weighted by atomic mass is 10.1. The lowest BCUT2D eigenvalue weighted by molar-refractivity contribution is 0.495. The second kappa shape index (κ2) is 5.00. The predicted octanol–water partition coefficient (Wildman–Crippen LogP) is 3.14. The average molecular weight is 223 g/mol. The van der Waals surface area contributed by atoms with E-state index in [1.165, 1.54) is 11.3 Å². The van der Waals surface area contributed by atoms with Gasteiger partial charge in [-0.15, -0.1) is 0 Å². The maximum Gasteiger partial charge on any atom is 0.0644 e. The lowest BCUT2D eigenvalue weighted by Gasteiger charge is -2.18. The molecule has 1 aromatic rings. The highest BCUT2D eigenvalue weighted by Gasteiger charge is 2.18. The first-order valence-electron chi connectivity index (χ1n) is 6.16. The van der Waals surface area contributed by atoms with Crippen molar-refractivity contribution in [3.63, 3.8) is 0 Å². The van der Waals surface area contributed by atoms with Crippen molar-refractivity contribution in [3.05, 3.63) is 17.0 Å². The second-order valence-electron chi connectivity index (χ2n) is 5.17. The van der Waals surface area contributed by atoms with Crippen molar-refractivity contribution in [2.75, 3.05) is 0 Å². The molecule has 0 spiro atoms. The van der Waals surface area contributed by atoms with Gasteiger partial charge in [-0.2, -0.15) is 5.10 Å². The van der Waals surface area contributed by atoms with E-state index in [9.17, 15) is 0 Å². The van der Waals surface area contributed by atoms with Gasteiger partial charge in [0, 0.05) is 29.4 Å². The molecule has 0 saturated heterocycles. The number of aromatic nitrogens is 2. The van der Waals surface area contributed by atoms with E-state index in [-0.39, 0.29) is 0 Å². The van der Waals surface area contributed by atoms with E-state index in [4.69, 9.17) is 0 Å². The van der Waals surface area contributed by atoms with E-state index in [1.807, 2.05) is 0 Å². The van der Waals surface area contributed by atoms with Crippen LogP contribution in [0.1, 0.15) is 63.7 Å². The molecule has 0 saturated carbocycles. The van der Waals surface area contributed by atoms with Crippen LogP contribution in [0.15, 0.2) is 0 Å². The Morgan fingerprint density at radius 1 is 1.06 bits per heavy atom. The van der Waals surface area contributed by atoms with Crippen LogP contribution in [0, 0.1) is 13.8 Å². The second-order valence-corrected chi connectivity index (χ2v) is 5.17. The first-order chi connectivity index (χ1) is 7.34. The fourth-order valence-electron chi connectivity index (χ4n) is 2.39. The molecule has 1 rings (SSSR count). The van der Waals surface area contributed by atoms with Gasteiger partial charge in [0.1, 0.15) is 0 Å². The molecular weight excluding hydrogens is 198 g/mol. The molecule has 1 N–H and O–H groups in total. The number of hydrogen-bond donors (Lipinski definition) is 1. The minimum absolute atomic E-state index is 0.368. The van der Waals surface area contributed by atoms with Crippen molar-refractivity contribution in [1.82, 2.24) is 15.1 Å². The Morgan fingerprint density at radius 3 is 2.00 bits per heavy atom. The Balaban J connectivity index is 3.04. The normalized spacial score (nSPS) is 13.8. The summed E-state index contributed by atoms with van der Waals surface area (Å²) in [7, 11) is 0. The van der Waals surface area contributed by atoms with Crippen LogP contribution in [0.3, 0.4) is 0 Å². The molecule has 1 heterocycles. The summed E-state index contributed by atoms with van der Waals surface area (Å²) in [6.07, 6.45) is 0. The lowest BCUT2D eigenvalue weighted by Crippen LogP contribution is -2.26. The maximum atomic E-state index is 4.61. The highest BCUT2D eigenvalue weighted by atomic mass is 15.3. The van der Waals surface area contributed by atoms with Crippen LogP contribution in [0.25, 0.3) is 0 Å². The van der Waals surface area contributed by atoms with Gasteiger partial charge in [0.2, 0.25) is 0 Å². The van der Waals surface area contributed by atoms with Crippen LogP contribution in [0.5, 0.6) is 0 Å². The smallest absolute Gasteiger partial charge is 0.0644 e. The van der Waals surface area contributed by atoms with Crippen LogP contribution in [-0.4, -0.2) is 15.8 Å². The van der Waals surface area contributed by atoms with Crippen molar-refractivity contribution in [2.24, 2.45) is 0 Å². The summed E-state index contributed by atoms with van der Waals surface area (Å²) in [6, 6.07) is 1.29. The minimum atomic E-state index is 0.368. The van der Waals surface area contributed by atoms with Crippen molar-refractivity contribution < 1.29 is 0 Å². The maximum absolute atomic E-state index is 4.61. The Hall–Kier alpha value is -0.830. The number of hydrogen-bond acceptors (Lipinski definition) is 2. The third-order valence-corrected chi connectivity index (χ3v) is 2.89. The zero-order valence-electron chi connectivity index (χ0n) is 11.6. The van der Waals surface area contributed by atoms with E-state index in [0.717, 1.165) is 5.69 Å². The molecule has 0 fully saturated rings. The minimum Gasteiger partial charge on any atom is -0.308 e. The van der Waals surface area contributed by atoms with Gasteiger partial charge < -0.3 is 5.32 Å². The van der Waals surface area contributed by atoms with E-state index >= 15 is 0 Å². The van der Waals surface area contributed by atoms with Gasteiger partial charge in [-0.25, -0.2) is 0 Å². The highest BCUT2D eigenvalue weighted by Crippen LogP contribution is 2.23. The molecule has 0 aromatic carbocycles. The Morgan fingerprint density at radius 2 is 1.62 bits per heavy atom. The molecule has 3 heteroatoms. The molecular formula is C13H25N3. The van der Waals surface area contributed by atoms with E-state index < -0.39 is 0 Å². The quantitative estimate of drug-likeness (QED) is 0.850. The molecule has 92 valence electrons. The summed E-state index contributed by atoms with van der Waals surface area (Å²) in [6.45, 7) is 15.2. The van der Waals surface area contributed by atoms with Crippen molar-refractivity contribution >= 4 is 0 Å². The Bertz CT molecular complexity index is 350. The van der Waals surface area contributed by atoms with Gasteiger partial charge in [0.25, 0.3) is 0 Å². The molecule has 1 atom stereocenters. The molecule has 1 aromatic heterocycles. The van der Waals surface area contributed by atoms with Crippen LogP contribution < -0.4 is 5.32 Å². The first-order valence-corrected chi connectivity index (χ1v) is 6.16. The molecule has 0 aliphatic carbocycles. The highest BCUT2D eigenvalue weighted by molar-refractivity contribution is 5.28.